The van der Waals surface area contributed by atoms with Crippen molar-refractivity contribution in [3.05, 3.63) is 81.6 Å². The summed E-state index contributed by atoms with van der Waals surface area (Å²) >= 11 is 2.16. The van der Waals surface area contributed by atoms with Gasteiger partial charge in [0.1, 0.15) is 23.6 Å². The summed E-state index contributed by atoms with van der Waals surface area (Å²) in [6, 6.07) is 10.3. The molecule has 1 atom stereocenters. The number of β-amino-alcohol motifs (C(OH)–C–C–N with tert-alkyl or cyclic N) is 1. The molecule has 1 aliphatic heterocycles. The fourth-order valence-corrected chi connectivity index (χ4v) is 3.00. The lowest BCUT2D eigenvalue weighted by Crippen LogP contribution is -2.40. The first-order chi connectivity index (χ1) is 12.4. The van der Waals surface area contributed by atoms with Crippen molar-refractivity contribution in [1.82, 2.24) is 5.01 Å². The molecular formula is C19H14F2IN3O. The van der Waals surface area contributed by atoms with Gasteiger partial charge in [0.25, 0.3) is 0 Å². The third-order valence-corrected chi connectivity index (χ3v) is 4.70. The first-order valence-electron chi connectivity index (χ1n) is 7.61. The molecule has 0 bridgehead atoms. The van der Waals surface area contributed by atoms with Gasteiger partial charge in [-0.05, 0) is 58.0 Å². The smallest absolute Gasteiger partial charge is 0.137 e. The molecular weight excluding hydrogens is 451 g/mol. The molecule has 1 heterocycles. The summed E-state index contributed by atoms with van der Waals surface area (Å²) in [6.45, 7) is 3.82. The third kappa shape index (κ3) is 3.75. The van der Waals surface area contributed by atoms with E-state index in [1.54, 1.807) is 12.1 Å². The van der Waals surface area contributed by atoms with Crippen LogP contribution in [0.15, 0.2) is 65.3 Å². The second kappa shape index (κ2) is 7.49. The number of hydrazone groups is 1. The summed E-state index contributed by atoms with van der Waals surface area (Å²) in [6.07, 6.45) is 2.74. The molecule has 132 valence electrons. The van der Waals surface area contributed by atoms with Gasteiger partial charge in [-0.2, -0.15) is 0 Å². The molecule has 1 unspecified atom stereocenters. The maximum Gasteiger partial charge on any atom is 0.137 e. The quantitative estimate of drug-likeness (QED) is 0.681. The van der Waals surface area contributed by atoms with Crippen LogP contribution in [-0.2, 0) is 5.60 Å². The van der Waals surface area contributed by atoms with E-state index >= 15 is 0 Å². The predicted octanol–water partition coefficient (Wildman–Crippen LogP) is 3.91. The van der Waals surface area contributed by atoms with Crippen molar-refractivity contribution in [3.8, 4) is 0 Å². The zero-order valence-electron chi connectivity index (χ0n) is 13.5. The SMILES string of the molecule is C=C(c1ccc(I)cc1)C(O)(CN1C=NC=C=N1)c1ccc(F)cc1F. The molecule has 4 nitrogen and oxygen atoms in total. The van der Waals surface area contributed by atoms with Crippen LogP contribution in [0.1, 0.15) is 11.1 Å². The Bertz CT molecular complexity index is 936. The number of halogens is 3. The third-order valence-electron chi connectivity index (χ3n) is 3.98. The van der Waals surface area contributed by atoms with Gasteiger partial charge < -0.3 is 5.11 Å². The fraction of sp³-hybridized carbons (Fsp3) is 0.105. The molecule has 0 fully saturated rings. The predicted molar refractivity (Wildman–Crippen MR) is 106 cm³/mol. The minimum absolute atomic E-state index is 0.0967. The molecule has 1 aliphatic rings. The van der Waals surface area contributed by atoms with Crippen LogP contribution in [0.3, 0.4) is 0 Å². The van der Waals surface area contributed by atoms with Gasteiger partial charge in [-0.1, -0.05) is 18.7 Å². The Balaban J connectivity index is 2.08. The minimum atomic E-state index is -1.86. The average molecular weight is 465 g/mol. The van der Waals surface area contributed by atoms with Crippen LogP contribution in [0.5, 0.6) is 0 Å². The Morgan fingerprint density at radius 3 is 2.58 bits per heavy atom. The highest BCUT2D eigenvalue weighted by atomic mass is 127. The van der Waals surface area contributed by atoms with Crippen LogP contribution in [0.25, 0.3) is 5.57 Å². The molecule has 26 heavy (non-hydrogen) atoms. The first kappa shape index (κ1) is 18.4. The summed E-state index contributed by atoms with van der Waals surface area (Å²) in [4.78, 5) is 3.89. The van der Waals surface area contributed by atoms with E-state index in [0.29, 0.717) is 5.56 Å². The lowest BCUT2D eigenvalue weighted by molar-refractivity contribution is 0.0725. The molecule has 2 aromatic rings. The van der Waals surface area contributed by atoms with Crippen LogP contribution in [0.2, 0.25) is 0 Å². The van der Waals surface area contributed by atoms with Crippen molar-refractivity contribution in [2.24, 2.45) is 10.1 Å². The number of benzene rings is 2. The summed E-state index contributed by atoms with van der Waals surface area (Å²) in [5, 5.41) is 16.7. The Labute approximate surface area is 163 Å². The normalized spacial score (nSPS) is 15.2. The van der Waals surface area contributed by atoms with Gasteiger partial charge >= 0.3 is 0 Å². The second-order valence-corrected chi connectivity index (χ2v) is 6.94. The molecule has 3 rings (SSSR count). The monoisotopic (exact) mass is 465 g/mol. The van der Waals surface area contributed by atoms with Gasteiger partial charge in [-0.3, -0.25) is 0 Å². The van der Waals surface area contributed by atoms with Crippen molar-refractivity contribution in [1.29, 1.82) is 0 Å². The van der Waals surface area contributed by atoms with Crippen molar-refractivity contribution in [2.45, 2.75) is 5.60 Å². The summed E-state index contributed by atoms with van der Waals surface area (Å²) in [5.74, 6) is 0.956. The molecule has 7 heteroatoms. The van der Waals surface area contributed by atoms with E-state index in [1.807, 2.05) is 12.1 Å². The van der Waals surface area contributed by atoms with E-state index in [0.717, 1.165) is 15.7 Å². The molecule has 1 N–H and O–H groups in total. The maximum absolute atomic E-state index is 14.5. The molecule has 0 saturated heterocycles. The van der Waals surface area contributed by atoms with Crippen LogP contribution >= 0.6 is 22.6 Å². The van der Waals surface area contributed by atoms with Gasteiger partial charge in [-0.25, -0.2) is 18.8 Å². The van der Waals surface area contributed by atoms with Crippen molar-refractivity contribution in [2.75, 3.05) is 6.54 Å². The second-order valence-electron chi connectivity index (χ2n) is 5.69. The van der Waals surface area contributed by atoms with E-state index < -0.39 is 17.2 Å². The molecule has 0 aliphatic carbocycles. The minimum Gasteiger partial charge on any atom is -0.378 e. The van der Waals surface area contributed by atoms with Crippen molar-refractivity contribution >= 4 is 40.4 Å². The molecule has 2 aromatic carbocycles. The number of aliphatic hydroxyl groups is 1. The van der Waals surface area contributed by atoms with Gasteiger partial charge in [0.15, 0.2) is 0 Å². The van der Waals surface area contributed by atoms with Gasteiger partial charge in [0, 0.05) is 21.1 Å². The molecule has 0 aromatic heterocycles. The summed E-state index contributed by atoms with van der Waals surface area (Å²) < 4.78 is 28.9. The van der Waals surface area contributed by atoms with Gasteiger partial charge in [-0.15, -0.1) is 5.10 Å². The Hall–Kier alpha value is -2.35. The van der Waals surface area contributed by atoms with Crippen LogP contribution in [-0.4, -0.2) is 28.9 Å². The number of hydrogen-bond donors (Lipinski definition) is 1. The van der Waals surface area contributed by atoms with E-state index in [2.05, 4.69) is 45.1 Å². The first-order valence-corrected chi connectivity index (χ1v) is 8.69. The van der Waals surface area contributed by atoms with Gasteiger partial charge in [0.2, 0.25) is 0 Å². The topological polar surface area (TPSA) is 48.2 Å². The number of hydrogen-bond acceptors (Lipinski definition) is 4. The van der Waals surface area contributed by atoms with Gasteiger partial charge in [0.05, 0.1) is 12.7 Å². The summed E-state index contributed by atoms with van der Waals surface area (Å²) in [5.41, 5.74) is -1.07. The number of aliphatic imine (C=N–C) groups is 1. The molecule has 0 amide bonds. The highest BCUT2D eigenvalue weighted by molar-refractivity contribution is 14.1. The lowest BCUT2D eigenvalue weighted by Gasteiger charge is -2.34. The van der Waals surface area contributed by atoms with Crippen molar-refractivity contribution < 1.29 is 13.9 Å². The summed E-state index contributed by atoms with van der Waals surface area (Å²) in [7, 11) is 0. The van der Waals surface area contributed by atoms with E-state index in [1.165, 1.54) is 23.6 Å². The largest absolute Gasteiger partial charge is 0.378 e. The van der Waals surface area contributed by atoms with E-state index in [-0.39, 0.29) is 17.7 Å². The fourth-order valence-electron chi connectivity index (χ4n) is 2.64. The van der Waals surface area contributed by atoms with Crippen LogP contribution in [0.4, 0.5) is 8.78 Å². The number of rotatable bonds is 5. The molecule has 0 radical (unpaired) electrons. The van der Waals surface area contributed by atoms with E-state index in [9.17, 15) is 13.9 Å². The zero-order valence-corrected chi connectivity index (χ0v) is 15.7. The van der Waals surface area contributed by atoms with E-state index in [4.69, 9.17) is 0 Å². The Morgan fingerprint density at radius 1 is 1.23 bits per heavy atom. The standard InChI is InChI=1S/C19H14F2IN3O/c1-13(14-2-5-16(22)6-3-14)19(26,11-25-12-23-8-9-24-25)17-7-4-15(20)10-18(17)21/h2-8,10,12,26H,1,11H2. The maximum atomic E-state index is 14.5. The number of nitrogens with zero attached hydrogens (tertiary/aromatic N) is 3. The Morgan fingerprint density at radius 2 is 1.96 bits per heavy atom. The van der Waals surface area contributed by atoms with Crippen LogP contribution in [0, 0.1) is 15.2 Å². The van der Waals surface area contributed by atoms with Crippen LogP contribution < -0.4 is 0 Å². The average Bonchev–Trinajstić information content (AvgIpc) is 2.62. The lowest BCUT2D eigenvalue weighted by atomic mass is 9.82. The highest BCUT2D eigenvalue weighted by Gasteiger charge is 2.38. The molecule has 0 saturated carbocycles. The highest BCUT2D eigenvalue weighted by Crippen LogP contribution is 2.37. The van der Waals surface area contributed by atoms with Crippen molar-refractivity contribution in [3.63, 3.8) is 0 Å². The Kier molecular flexibility index (Phi) is 5.31. The zero-order chi connectivity index (χ0) is 18.7. The molecule has 0 spiro atoms.